The van der Waals surface area contributed by atoms with Gasteiger partial charge in [-0.2, -0.15) is 0 Å². The van der Waals surface area contributed by atoms with Gasteiger partial charge in [0.1, 0.15) is 11.6 Å². The maximum Gasteiger partial charge on any atom is 0.408 e. The molecule has 2 fully saturated rings. The molecule has 0 spiro atoms. The van der Waals surface area contributed by atoms with E-state index in [1.54, 1.807) is 25.7 Å². The highest BCUT2D eigenvalue weighted by Crippen LogP contribution is 2.15. The second-order valence-electron chi connectivity index (χ2n) is 9.60. The van der Waals surface area contributed by atoms with E-state index in [9.17, 15) is 14.4 Å². The highest BCUT2D eigenvalue weighted by molar-refractivity contribution is 5.89. The number of carbonyl (C=O) groups excluding carboxylic acids is 3. The van der Waals surface area contributed by atoms with Crippen LogP contribution in [0.1, 0.15) is 45.6 Å². The second kappa shape index (κ2) is 10.8. The summed E-state index contributed by atoms with van der Waals surface area (Å²) >= 11 is 0. The molecule has 0 radical (unpaired) electrons. The number of likely N-dealkylation sites (tertiary alicyclic amines) is 1. The van der Waals surface area contributed by atoms with Crippen LogP contribution in [-0.2, 0) is 20.9 Å². The lowest BCUT2D eigenvalue weighted by Gasteiger charge is -2.36. The summed E-state index contributed by atoms with van der Waals surface area (Å²) in [4.78, 5) is 43.8. The van der Waals surface area contributed by atoms with Crippen molar-refractivity contribution < 1.29 is 19.1 Å². The number of piperazine rings is 1. The quantitative estimate of drug-likeness (QED) is 0.753. The Morgan fingerprint density at radius 2 is 1.72 bits per heavy atom. The lowest BCUT2D eigenvalue weighted by Crippen LogP contribution is -2.54. The van der Waals surface area contributed by atoms with Crippen molar-refractivity contribution in [3.63, 3.8) is 0 Å². The summed E-state index contributed by atoms with van der Waals surface area (Å²) in [6.07, 6.45) is 1.59. The molecule has 8 nitrogen and oxygen atoms in total. The predicted molar refractivity (Wildman–Crippen MR) is 122 cm³/mol. The minimum absolute atomic E-state index is 0.0318. The summed E-state index contributed by atoms with van der Waals surface area (Å²) in [5.74, 6) is -0.236. The Hall–Kier alpha value is -2.61. The third kappa shape index (κ3) is 7.22. The summed E-state index contributed by atoms with van der Waals surface area (Å²) < 4.78 is 5.29. The molecular formula is C24H36N4O4. The van der Waals surface area contributed by atoms with Gasteiger partial charge in [0, 0.05) is 39.3 Å². The molecular weight excluding hydrogens is 408 g/mol. The normalized spacial score (nSPS) is 20.6. The summed E-state index contributed by atoms with van der Waals surface area (Å²) in [6, 6.07) is 9.67. The Labute approximate surface area is 190 Å². The van der Waals surface area contributed by atoms with Crippen LogP contribution < -0.4 is 5.32 Å². The number of ether oxygens (including phenoxy) is 1. The number of nitrogens with one attached hydrogen (secondary N) is 1. The molecule has 2 aliphatic rings. The highest BCUT2D eigenvalue weighted by atomic mass is 16.6. The zero-order valence-corrected chi connectivity index (χ0v) is 19.5. The molecule has 2 heterocycles. The van der Waals surface area contributed by atoms with Gasteiger partial charge >= 0.3 is 6.09 Å². The molecule has 0 bridgehead atoms. The van der Waals surface area contributed by atoms with E-state index in [0.717, 1.165) is 32.5 Å². The topological polar surface area (TPSA) is 82.2 Å². The van der Waals surface area contributed by atoms with E-state index in [4.69, 9.17) is 4.74 Å². The molecule has 1 atom stereocenters. The fourth-order valence-electron chi connectivity index (χ4n) is 4.11. The average molecular weight is 445 g/mol. The Bertz CT molecular complexity index is 785. The first-order valence-corrected chi connectivity index (χ1v) is 11.5. The van der Waals surface area contributed by atoms with Crippen molar-refractivity contribution in [1.29, 1.82) is 0 Å². The summed E-state index contributed by atoms with van der Waals surface area (Å²) in [5.41, 5.74) is 0.641. The first-order valence-electron chi connectivity index (χ1n) is 11.5. The van der Waals surface area contributed by atoms with Crippen molar-refractivity contribution in [1.82, 2.24) is 20.0 Å². The van der Waals surface area contributed by atoms with Gasteiger partial charge in [-0.05, 0) is 45.6 Å². The molecule has 1 aromatic rings. The number of nitrogens with zero attached hydrogens (tertiary/aromatic N) is 3. The Kier molecular flexibility index (Phi) is 8.12. The van der Waals surface area contributed by atoms with E-state index in [0.29, 0.717) is 26.1 Å². The van der Waals surface area contributed by atoms with Gasteiger partial charge in [-0.25, -0.2) is 4.79 Å². The molecule has 2 aliphatic heterocycles. The minimum Gasteiger partial charge on any atom is -0.444 e. The van der Waals surface area contributed by atoms with E-state index >= 15 is 0 Å². The van der Waals surface area contributed by atoms with Crippen LogP contribution in [0.2, 0.25) is 0 Å². The lowest BCUT2D eigenvalue weighted by atomic mass is 10.1. The maximum atomic E-state index is 13.0. The van der Waals surface area contributed by atoms with Gasteiger partial charge in [-0.3, -0.25) is 14.5 Å². The van der Waals surface area contributed by atoms with Gasteiger partial charge in [-0.15, -0.1) is 0 Å². The average Bonchev–Trinajstić information content (AvgIpc) is 2.90. The predicted octanol–water partition coefficient (Wildman–Crippen LogP) is 2.24. The first kappa shape index (κ1) is 24.0. The van der Waals surface area contributed by atoms with Gasteiger partial charge < -0.3 is 19.9 Å². The van der Waals surface area contributed by atoms with Crippen LogP contribution in [-0.4, -0.2) is 83.5 Å². The molecule has 0 saturated carbocycles. The van der Waals surface area contributed by atoms with Gasteiger partial charge in [0.15, 0.2) is 0 Å². The largest absolute Gasteiger partial charge is 0.444 e. The van der Waals surface area contributed by atoms with Crippen molar-refractivity contribution >= 4 is 17.9 Å². The Balaban J connectivity index is 1.49. The molecule has 2 saturated heterocycles. The molecule has 1 N–H and O–H groups in total. The number of rotatable bonds is 5. The fourth-order valence-corrected chi connectivity index (χ4v) is 4.11. The van der Waals surface area contributed by atoms with Crippen LogP contribution in [0.4, 0.5) is 4.79 Å². The van der Waals surface area contributed by atoms with Crippen LogP contribution in [0.3, 0.4) is 0 Å². The number of alkyl carbamates (subject to hydrolysis) is 1. The third-order valence-corrected chi connectivity index (χ3v) is 5.77. The Morgan fingerprint density at radius 1 is 1.03 bits per heavy atom. The molecule has 3 rings (SSSR count). The molecule has 32 heavy (non-hydrogen) atoms. The fraction of sp³-hybridized carbons (Fsp3) is 0.625. The third-order valence-electron chi connectivity index (χ3n) is 5.77. The molecule has 1 unspecified atom stereocenters. The monoisotopic (exact) mass is 444 g/mol. The first-order chi connectivity index (χ1) is 15.2. The summed E-state index contributed by atoms with van der Waals surface area (Å²) in [7, 11) is 0. The lowest BCUT2D eigenvalue weighted by molar-refractivity contribution is -0.142. The van der Waals surface area contributed by atoms with Crippen LogP contribution in [0.5, 0.6) is 0 Å². The van der Waals surface area contributed by atoms with Crippen molar-refractivity contribution in [2.75, 3.05) is 39.3 Å². The smallest absolute Gasteiger partial charge is 0.408 e. The number of benzene rings is 1. The van der Waals surface area contributed by atoms with Gasteiger partial charge in [0.25, 0.3) is 0 Å². The van der Waals surface area contributed by atoms with Crippen molar-refractivity contribution in [3.8, 4) is 0 Å². The van der Waals surface area contributed by atoms with Crippen molar-refractivity contribution in [3.05, 3.63) is 35.9 Å². The molecule has 1 aromatic carbocycles. The van der Waals surface area contributed by atoms with Crippen LogP contribution in [0.15, 0.2) is 30.3 Å². The second-order valence-corrected chi connectivity index (χ2v) is 9.60. The van der Waals surface area contributed by atoms with E-state index < -0.39 is 17.7 Å². The summed E-state index contributed by atoms with van der Waals surface area (Å²) in [5, 5.41) is 2.69. The Morgan fingerprint density at radius 3 is 2.38 bits per heavy atom. The molecule has 0 aromatic heterocycles. The number of carbonyl (C=O) groups is 3. The zero-order chi connectivity index (χ0) is 23.1. The molecule has 3 amide bonds. The maximum absolute atomic E-state index is 13.0. The SMILES string of the molecule is CC(C)(C)OC(=O)NC1CCCCN(CC(=O)N2CCN(Cc3ccccc3)CC2)C1=O. The zero-order valence-electron chi connectivity index (χ0n) is 19.5. The number of hydrogen-bond acceptors (Lipinski definition) is 5. The van der Waals surface area contributed by atoms with Gasteiger partial charge in [0.2, 0.25) is 11.8 Å². The van der Waals surface area contributed by atoms with Gasteiger partial charge in [-0.1, -0.05) is 30.3 Å². The number of amides is 3. The molecule has 8 heteroatoms. The van der Waals surface area contributed by atoms with Crippen molar-refractivity contribution in [2.45, 2.75) is 58.2 Å². The van der Waals surface area contributed by atoms with E-state index in [1.807, 2.05) is 23.1 Å². The standard InChI is InChI=1S/C24H36N4O4/c1-24(2,3)32-23(31)25-20-11-7-8-12-28(22(20)30)18-21(29)27-15-13-26(14-16-27)17-19-9-5-4-6-10-19/h4-6,9-10,20H,7-8,11-18H2,1-3H3,(H,25,31). The minimum atomic E-state index is -0.650. The van der Waals surface area contributed by atoms with E-state index in [2.05, 4.69) is 22.3 Å². The molecule has 0 aliphatic carbocycles. The summed E-state index contributed by atoms with van der Waals surface area (Å²) in [6.45, 7) is 9.78. The van der Waals surface area contributed by atoms with Crippen LogP contribution in [0, 0.1) is 0 Å². The van der Waals surface area contributed by atoms with E-state index in [-0.39, 0.29) is 18.4 Å². The van der Waals surface area contributed by atoms with Crippen LogP contribution in [0.25, 0.3) is 0 Å². The number of hydrogen-bond donors (Lipinski definition) is 1. The van der Waals surface area contributed by atoms with Crippen molar-refractivity contribution in [2.24, 2.45) is 0 Å². The van der Waals surface area contributed by atoms with E-state index in [1.165, 1.54) is 5.56 Å². The van der Waals surface area contributed by atoms with Crippen LogP contribution >= 0.6 is 0 Å². The molecule has 176 valence electrons. The van der Waals surface area contributed by atoms with Gasteiger partial charge in [0.05, 0.1) is 6.54 Å². The highest BCUT2D eigenvalue weighted by Gasteiger charge is 2.32.